The van der Waals surface area contributed by atoms with Crippen LogP contribution >= 0.6 is 15.6 Å². The van der Waals surface area contributed by atoms with E-state index in [4.69, 9.17) is 23.8 Å². The molecule has 0 saturated carbocycles. The molecule has 0 aliphatic rings. The number of ether oxygens (including phenoxy) is 2. The number of carbonyl (C=O) groups excluding carboxylic acids is 2. The summed E-state index contributed by atoms with van der Waals surface area (Å²) >= 11 is 0. The molecule has 4 atom stereocenters. The standard InChI is InChI=1S/C48H76O14P2/c1-3-5-7-8-9-10-11-12-13-14-15-16-17-18-22-25-28-31-34-38-47(51)58-42-46(43-61-64(56,57)60-41-45(50)40-59-63(53,54)55)62-48(52)39-35-32-29-26-23-20-19-21-24-27-30-33-37-44(49)36-6-4-2/h5,7,9-10,12-13,15-16,18-20,22,24,26-29,31,33,37,44-46,49-50H,3-4,6,8,11,14,17,21,23,25,30,32,34-36,38-43H2,1-2H3,(H,56,57)(H2,53,54,55)/b7-5-,10-9-,13-12-,16-15-,20-19-,22-18-,27-24-,29-26-,31-28-,37-33-/t44-,45+,46-/m1/s1. The van der Waals surface area contributed by atoms with Gasteiger partial charge in [0.25, 0.3) is 0 Å². The minimum absolute atomic E-state index is 0.0151. The lowest BCUT2D eigenvalue weighted by Gasteiger charge is -2.20. The summed E-state index contributed by atoms with van der Waals surface area (Å²) in [5, 5.41) is 19.6. The van der Waals surface area contributed by atoms with Crippen LogP contribution < -0.4 is 0 Å². The third kappa shape index (κ3) is 45.1. The summed E-state index contributed by atoms with van der Waals surface area (Å²) in [6.45, 7) is 1.31. The Kier molecular flexibility index (Phi) is 39.8. The molecular weight excluding hydrogens is 862 g/mol. The molecule has 0 aromatic rings. The average Bonchev–Trinajstić information content (AvgIpc) is 3.25. The fourth-order valence-electron chi connectivity index (χ4n) is 5.03. The molecule has 362 valence electrons. The molecule has 16 heteroatoms. The third-order valence-electron chi connectivity index (χ3n) is 8.41. The molecule has 1 unspecified atom stereocenters. The van der Waals surface area contributed by atoms with Crippen LogP contribution in [-0.4, -0.2) is 81.6 Å². The smallest absolute Gasteiger partial charge is 0.462 e. The van der Waals surface area contributed by atoms with Gasteiger partial charge in [-0.2, -0.15) is 0 Å². The van der Waals surface area contributed by atoms with Crippen molar-refractivity contribution >= 4 is 27.6 Å². The Morgan fingerprint density at radius 1 is 0.516 bits per heavy atom. The minimum atomic E-state index is -4.89. The molecule has 0 radical (unpaired) electrons. The maximum Gasteiger partial charge on any atom is 0.472 e. The van der Waals surface area contributed by atoms with Crippen LogP contribution in [0, 0.1) is 0 Å². The van der Waals surface area contributed by atoms with Crippen molar-refractivity contribution in [3.8, 4) is 0 Å². The molecule has 0 aliphatic carbocycles. The van der Waals surface area contributed by atoms with E-state index in [2.05, 4.69) is 95.8 Å². The van der Waals surface area contributed by atoms with Gasteiger partial charge in [-0.25, -0.2) is 9.13 Å². The van der Waals surface area contributed by atoms with Crippen molar-refractivity contribution in [2.45, 2.75) is 141 Å². The highest BCUT2D eigenvalue weighted by molar-refractivity contribution is 7.47. The first-order valence-electron chi connectivity index (χ1n) is 22.3. The van der Waals surface area contributed by atoms with Crippen molar-refractivity contribution in [2.75, 3.05) is 26.4 Å². The van der Waals surface area contributed by atoms with Crippen LogP contribution in [0.3, 0.4) is 0 Å². The predicted molar refractivity (Wildman–Crippen MR) is 254 cm³/mol. The number of hydrogen-bond acceptors (Lipinski definition) is 11. The van der Waals surface area contributed by atoms with Gasteiger partial charge in [0.05, 0.1) is 25.9 Å². The molecule has 0 fully saturated rings. The fourth-order valence-corrected chi connectivity index (χ4v) is 6.19. The van der Waals surface area contributed by atoms with E-state index in [1.54, 1.807) is 0 Å². The van der Waals surface area contributed by atoms with E-state index in [1.165, 1.54) is 0 Å². The Morgan fingerprint density at radius 2 is 0.969 bits per heavy atom. The molecule has 14 nitrogen and oxygen atoms in total. The average molecular weight is 939 g/mol. The number of hydrogen-bond donors (Lipinski definition) is 5. The summed E-state index contributed by atoms with van der Waals surface area (Å²) in [7, 11) is -9.75. The number of phosphoric acid groups is 2. The van der Waals surface area contributed by atoms with Crippen LogP contribution in [0.5, 0.6) is 0 Å². The third-order valence-corrected chi connectivity index (χ3v) is 9.84. The summed E-state index contributed by atoms with van der Waals surface area (Å²) in [4.78, 5) is 52.7. The zero-order valence-electron chi connectivity index (χ0n) is 37.9. The second-order valence-electron chi connectivity index (χ2n) is 14.4. The number of carbonyl (C=O) groups is 2. The van der Waals surface area contributed by atoms with Gasteiger partial charge in [-0.15, -0.1) is 0 Å². The monoisotopic (exact) mass is 938 g/mol. The second-order valence-corrected chi connectivity index (χ2v) is 17.1. The number of esters is 2. The van der Waals surface area contributed by atoms with Crippen molar-refractivity contribution < 1.29 is 66.7 Å². The Hall–Kier alpha value is -3.52. The van der Waals surface area contributed by atoms with E-state index in [-0.39, 0.29) is 18.9 Å². The van der Waals surface area contributed by atoms with Gasteiger partial charge in [0.15, 0.2) is 6.10 Å². The van der Waals surface area contributed by atoms with Gasteiger partial charge in [0.1, 0.15) is 12.7 Å². The molecule has 0 spiro atoms. The maximum absolute atomic E-state index is 12.7. The first-order valence-corrected chi connectivity index (χ1v) is 25.3. The lowest BCUT2D eigenvalue weighted by Crippen LogP contribution is -2.29. The highest BCUT2D eigenvalue weighted by Crippen LogP contribution is 2.43. The molecule has 0 heterocycles. The zero-order chi connectivity index (χ0) is 47.4. The van der Waals surface area contributed by atoms with E-state index in [1.807, 2.05) is 48.6 Å². The minimum Gasteiger partial charge on any atom is -0.462 e. The Labute approximate surface area is 382 Å². The van der Waals surface area contributed by atoms with Crippen molar-refractivity contribution in [3.05, 3.63) is 122 Å². The summed E-state index contributed by atoms with van der Waals surface area (Å²) < 4.78 is 47.6. The first-order chi connectivity index (χ1) is 30.8. The maximum atomic E-state index is 12.7. The van der Waals surface area contributed by atoms with Gasteiger partial charge >= 0.3 is 27.6 Å². The lowest BCUT2D eigenvalue weighted by molar-refractivity contribution is -0.161. The molecule has 5 N–H and O–H groups in total. The van der Waals surface area contributed by atoms with Gasteiger partial charge < -0.3 is 34.4 Å². The molecule has 64 heavy (non-hydrogen) atoms. The van der Waals surface area contributed by atoms with Gasteiger partial charge in [-0.1, -0.05) is 148 Å². The number of rotatable bonds is 40. The van der Waals surface area contributed by atoms with Gasteiger partial charge in [0.2, 0.25) is 0 Å². The summed E-state index contributed by atoms with van der Waals surface area (Å²) in [5.74, 6) is -1.23. The summed E-state index contributed by atoms with van der Waals surface area (Å²) in [6.07, 6.45) is 49.7. The normalized spacial score (nSPS) is 15.5. The van der Waals surface area contributed by atoms with Crippen molar-refractivity contribution in [1.82, 2.24) is 0 Å². The van der Waals surface area contributed by atoms with E-state index in [9.17, 15) is 33.8 Å². The first kappa shape index (κ1) is 60.5. The topological polar surface area (TPSA) is 216 Å². The van der Waals surface area contributed by atoms with Crippen molar-refractivity contribution in [1.29, 1.82) is 0 Å². The van der Waals surface area contributed by atoms with E-state index >= 15 is 0 Å². The molecule has 0 amide bonds. The van der Waals surface area contributed by atoms with Crippen LogP contribution in [0.4, 0.5) is 0 Å². The molecular formula is C48H76O14P2. The van der Waals surface area contributed by atoms with Crippen LogP contribution in [0.1, 0.15) is 123 Å². The molecule has 0 aliphatic heterocycles. The number of allylic oxidation sites excluding steroid dienone is 19. The lowest BCUT2D eigenvalue weighted by atomic mass is 10.1. The van der Waals surface area contributed by atoms with Gasteiger partial charge in [0, 0.05) is 12.8 Å². The zero-order valence-corrected chi connectivity index (χ0v) is 39.7. The Morgan fingerprint density at radius 3 is 1.47 bits per heavy atom. The van der Waals surface area contributed by atoms with Gasteiger partial charge in [-0.05, 0) is 83.5 Å². The molecule has 0 saturated heterocycles. The number of phosphoric ester groups is 2. The number of unbranched alkanes of at least 4 members (excludes halogenated alkanes) is 2. The molecule has 0 rings (SSSR count). The van der Waals surface area contributed by atoms with Crippen LogP contribution in [0.2, 0.25) is 0 Å². The highest BCUT2D eigenvalue weighted by atomic mass is 31.2. The number of aliphatic hydroxyl groups excluding tert-OH is 2. The Balaban J connectivity index is 4.76. The Bertz CT molecular complexity index is 1600. The van der Waals surface area contributed by atoms with Gasteiger partial charge in [-0.3, -0.25) is 23.2 Å². The van der Waals surface area contributed by atoms with Crippen LogP contribution in [-0.2, 0) is 41.8 Å². The fraction of sp³-hybridized carbons (Fsp3) is 0.542. The van der Waals surface area contributed by atoms with Crippen molar-refractivity contribution in [3.63, 3.8) is 0 Å². The molecule has 0 aromatic carbocycles. The molecule has 0 aromatic heterocycles. The van der Waals surface area contributed by atoms with Crippen LogP contribution in [0.25, 0.3) is 0 Å². The number of aliphatic hydroxyl groups is 2. The highest BCUT2D eigenvalue weighted by Gasteiger charge is 2.28. The summed E-state index contributed by atoms with van der Waals surface area (Å²) in [5.41, 5.74) is 0. The predicted octanol–water partition coefficient (Wildman–Crippen LogP) is 10.6. The van der Waals surface area contributed by atoms with E-state index in [0.717, 1.165) is 70.6 Å². The summed E-state index contributed by atoms with van der Waals surface area (Å²) in [6, 6.07) is 0. The van der Waals surface area contributed by atoms with E-state index in [0.29, 0.717) is 25.7 Å². The van der Waals surface area contributed by atoms with Crippen molar-refractivity contribution in [2.24, 2.45) is 0 Å². The SMILES string of the molecule is CC/C=C\C/C=C\C/C=C\C/C=C\C/C=C\C/C=C\CCC(=O)OC[C@H](COP(=O)(O)OC[C@@H](O)COP(=O)(O)O)OC(=O)CCC/C=C\C/C=C\C/C=C\C/C=C\[C@H](O)CCCC. The molecule has 0 bridgehead atoms. The van der Waals surface area contributed by atoms with Crippen LogP contribution in [0.15, 0.2) is 122 Å². The largest absolute Gasteiger partial charge is 0.472 e. The second kappa shape index (κ2) is 42.1. The van der Waals surface area contributed by atoms with E-state index < -0.39 is 66.2 Å². The quantitative estimate of drug-likeness (QED) is 0.0167.